The Morgan fingerprint density at radius 3 is 1.32 bits per heavy atom. The van der Waals surface area contributed by atoms with Gasteiger partial charge in [0.1, 0.15) is 73.2 Å². The van der Waals surface area contributed by atoms with E-state index in [2.05, 4.69) is 19.2 Å². The van der Waals surface area contributed by atoms with E-state index < -0.39 is 124 Å². The van der Waals surface area contributed by atoms with Crippen molar-refractivity contribution in [3.63, 3.8) is 0 Å². The maximum atomic E-state index is 13.2. The molecular weight excluding hydrogens is 927 g/mol. The summed E-state index contributed by atoms with van der Waals surface area (Å²) in [5, 5.41) is 120. The van der Waals surface area contributed by atoms with E-state index in [1.807, 2.05) is 6.08 Å². The van der Waals surface area contributed by atoms with Gasteiger partial charge in [0.05, 0.1) is 38.6 Å². The van der Waals surface area contributed by atoms with Gasteiger partial charge in [0, 0.05) is 6.42 Å². The summed E-state index contributed by atoms with van der Waals surface area (Å²) in [5.74, 6) is -0.276. The second-order valence-electron chi connectivity index (χ2n) is 20.1. The molecule has 418 valence electrons. The molecule has 0 aliphatic carbocycles. The van der Waals surface area contributed by atoms with E-state index in [-0.39, 0.29) is 18.9 Å². The van der Waals surface area contributed by atoms with Gasteiger partial charge in [-0.25, -0.2) is 0 Å². The standard InChI is InChI=1S/C52H97NO18/c1-3-5-7-9-11-13-15-17-19-21-23-25-27-29-36(57)35(53-40(58)30-28-26-24-22-20-18-16-14-12-10-8-6-4-2)34-66-50-46(64)43(61)48(38(32-55)68-50)71-52-47(65)44(62)49(39(33-56)69-52)70-51-45(63)42(60)41(59)37(31-54)67-51/h27,29,35-39,41-52,54-57,59-65H,3-26,28,30-34H2,1-2H3,(H,53,58)/b29-27+. The van der Waals surface area contributed by atoms with Crippen molar-refractivity contribution in [2.45, 2.75) is 285 Å². The summed E-state index contributed by atoms with van der Waals surface area (Å²) >= 11 is 0. The van der Waals surface area contributed by atoms with Gasteiger partial charge in [-0.15, -0.1) is 0 Å². The van der Waals surface area contributed by atoms with Gasteiger partial charge in [0.15, 0.2) is 18.9 Å². The zero-order valence-corrected chi connectivity index (χ0v) is 43.0. The van der Waals surface area contributed by atoms with Crippen molar-refractivity contribution in [1.82, 2.24) is 5.32 Å². The fraction of sp³-hybridized carbons (Fsp3) is 0.942. The Morgan fingerprint density at radius 1 is 0.493 bits per heavy atom. The molecule has 0 aromatic carbocycles. The van der Waals surface area contributed by atoms with Crippen LogP contribution in [-0.2, 0) is 33.2 Å². The van der Waals surface area contributed by atoms with Crippen LogP contribution in [0.25, 0.3) is 0 Å². The number of rotatable bonds is 39. The van der Waals surface area contributed by atoms with E-state index >= 15 is 0 Å². The van der Waals surface area contributed by atoms with Crippen LogP contribution in [0.3, 0.4) is 0 Å². The highest BCUT2D eigenvalue weighted by Crippen LogP contribution is 2.33. The molecule has 0 radical (unpaired) electrons. The molecule has 17 unspecified atom stereocenters. The summed E-state index contributed by atoms with van der Waals surface area (Å²) in [4.78, 5) is 13.2. The monoisotopic (exact) mass is 1020 g/mol. The number of aliphatic hydroxyl groups is 11. The zero-order valence-electron chi connectivity index (χ0n) is 43.0. The molecule has 3 fully saturated rings. The smallest absolute Gasteiger partial charge is 0.220 e. The third kappa shape index (κ3) is 22.7. The number of aliphatic hydroxyl groups excluding tert-OH is 11. The quantitative estimate of drug-likeness (QED) is 0.0311. The average Bonchev–Trinajstić information content (AvgIpc) is 3.36. The molecule has 3 aliphatic heterocycles. The first-order valence-corrected chi connectivity index (χ1v) is 27.4. The number of carbonyl (C=O) groups is 1. The molecule has 1 amide bonds. The Labute approximate surface area is 423 Å². The molecule has 0 saturated carbocycles. The maximum absolute atomic E-state index is 13.2. The maximum Gasteiger partial charge on any atom is 0.220 e. The number of ether oxygens (including phenoxy) is 6. The first-order chi connectivity index (χ1) is 34.3. The van der Waals surface area contributed by atoms with Gasteiger partial charge in [-0.1, -0.05) is 167 Å². The first kappa shape index (κ1) is 63.8. The lowest BCUT2D eigenvalue weighted by atomic mass is 9.96. The average molecular weight is 1020 g/mol. The van der Waals surface area contributed by atoms with Crippen LogP contribution in [0, 0.1) is 0 Å². The van der Waals surface area contributed by atoms with E-state index in [4.69, 9.17) is 28.4 Å². The van der Waals surface area contributed by atoms with E-state index in [0.29, 0.717) is 6.42 Å². The van der Waals surface area contributed by atoms with Gasteiger partial charge in [-0.05, 0) is 19.3 Å². The number of amides is 1. The number of carbonyl (C=O) groups excluding carboxylic acids is 1. The van der Waals surface area contributed by atoms with E-state index in [9.17, 15) is 61.0 Å². The highest BCUT2D eigenvalue weighted by atomic mass is 16.8. The fourth-order valence-corrected chi connectivity index (χ4v) is 9.48. The number of unbranched alkanes of at least 4 members (excludes halogenated alkanes) is 23. The van der Waals surface area contributed by atoms with Gasteiger partial charge in [-0.3, -0.25) is 4.79 Å². The van der Waals surface area contributed by atoms with Crippen molar-refractivity contribution in [3.05, 3.63) is 12.2 Å². The molecule has 0 aromatic heterocycles. The second kappa shape index (κ2) is 37.3. The molecule has 3 heterocycles. The molecule has 17 atom stereocenters. The summed E-state index contributed by atoms with van der Waals surface area (Å²) in [6.07, 6.45) is 6.32. The minimum Gasteiger partial charge on any atom is -0.394 e. The number of allylic oxidation sites excluding steroid dienone is 1. The zero-order chi connectivity index (χ0) is 52.0. The molecule has 19 nitrogen and oxygen atoms in total. The molecule has 19 heteroatoms. The molecule has 0 bridgehead atoms. The van der Waals surface area contributed by atoms with Crippen molar-refractivity contribution in [2.24, 2.45) is 0 Å². The van der Waals surface area contributed by atoms with Crippen LogP contribution in [0.15, 0.2) is 12.2 Å². The highest BCUT2D eigenvalue weighted by molar-refractivity contribution is 5.76. The Kier molecular flexibility index (Phi) is 33.5. The Hall–Kier alpha value is -1.47. The molecule has 0 aromatic rings. The normalized spacial score (nSPS) is 32.3. The lowest BCUT2D eigenvalue weighted by Gasteiger charge is -2.48. The van der Waals surface area contributed by atoms with Crippen LogP contribution < -0.4 is 5.32 Å². The molecule has 71 heavy (non-hydrogen) atoms. The minimum absolute atomic E-state index is 0.248. The largest absolute Gasteiger partial charge is 0.394 e. The van der Waals surface area contributed by atoms with Crippen LogP contribution in [0.4, 0.5) is 0 Å². The van der Waals surface area contributed by atoms with Crippen molar-refractivity contribution in [2.75, 3.05) is 26.4 Å². The highest BCUT2D eigenvalue weighted by Gasteiger charge is 2.53. The predicted octanol–water partition coefficient (Wildman–Crippen LogP) is 3.04. The Bertz CT molecular complexity index is 1360. The topological polar surface area (TPSA) is 307 Å². The molecule has 3 rings (SSSR count). The van der Waals surface area contributed by atoms with Crippen LogP contribution in [0.5, 0.6) is 0 Å². The van der Waals surface area contributed by atoms with Gasteiger partial charge in [-0.2, -0.15) is 0 Å². The van der Waals surface area contributed by atoms with Crippen molar-refractivity contribution in [1.29, 1.82) is 0 Å². The third-order valence-electron chi connectivity index (χ3n) is 14.1. The van der Waals surface area contributed by atoms with Crippen molar-refractivity contribution >= 4 is 5.91 Å². The van der Waals surface area contributed by atoms with Gasteiger partial charge >= 0.3 is 0 Å². The predicted molar refractivity (Wildman–Crippen MR) is 263 cm³/mol. The molecule has 3 aliphatic rings. The van der Waals surface area contributed by atoms with Crippen LogP contribution in [0.1, 0.15) is 181 Å². The van der Waals surface area contributed by atoms with Gasteiger partial charge < -0.3 is 89.9 Å². The first-order valence-electron chi connectivity index (χ1n) is 27.4. The molecule has 3 saturated heterocycles. The van der Waals surface area contributed by atoms with Crippen LogP contribution in [0.2, 0.25) is 0 Å². The van der Waals surface area contributed by atoms with Crippen LogP contribution in [-0.4, -0.2) is 193 Å². The molecular formula is C52H97NO18. The third-order valence-corrected chi connectivity index (χ3v) is 14.1. The summed E-state index contributed by atoms with van der Waals surface area (Å²) in [5.41, 5.74) is 0. The summed E-state index contributed by atoms with van der Waals surface area (Å²) in [6.45, 7) is 1.69. The SMILES string of the molecule is CCCCCCCCCCCCC/C=C/C(O)C(COC1OC(CO)C(OC2OC(CO)C(OC3OC(CO)C(O)C(O)C3O)C(O)C2O)C(O)C1O)NC(=O)CCCCCCCCCCCCCCC. The van der Waals surface area contributed by atoms with Crippen molar-refractivity contribution < 1.29 is 89.4 Å². The van der Waals surface area contributed by atoms with E-state index in [0.717, 1.165) is 44.9 Å². The fourth-order valence-electron chi connectivity index (χ4n) is 9.48. The van der Waals surface area contributed by atoms with E-state index in [1.54, 1.807) is 6.08 Å². The molecule has 12 N–H and O–H groups in total. The number of nitrogens with one attached hydrogen (secondary N) is 1. The van der Waals surface area contributed by atoms with Crippen LogP contribution >= 0.6 is 0 Å². The Morgan fingerprint density at radius 2 is 0.873 bits per heavy atom. The van der Waals surface area contributed by atoms with Gasteiger partial charge in [0.25, 0.3) is 0 Å². The molecule has 0 spiro atoms. The second-order valence-corrected chi connectivity index (χ2v) is 20.1. The van der Waals surface area contributed by atoms with Gasteiger partial charge in [0.2, 0.25) is 5.91 Å². The number of hydrogen-bond acceptors (Lipinski definition) is 18. The van der Waals surface area contributed by atoms with Crippen molar-refractivity contribution in [3.8, 4) is 0 Å². The number of hydrogen-bond donors (Lipinski definition) is 12. The Balaban J connectivity index is 1.55. The van der Waals surface area contributed by atoms with E-state index in [1.165, 1.54) is 109 Å². The minimum atomic E-state index is -1.97. The summed E-state index contributed by atoms with van der Waals surface area (Å²) in [6, 6.07) is -0.964. The summed E-state index contributed by atoms with van der Waals surface area (Å²) in [7, 11) is 0. The lowest BCUT2D eigenvalue weighted by molar-refractivity contribution is -0.379. The lowest BCUT2D eigenvalue weighted by Crippen LogP contribution is -2.66. The summed E-state index contributed by atoms with van der Waals surface area (Å²) < 4.78 is 34.1.